The summed E-state index contributed by atoms with van der Waals surface area (Å²) in [5.41, 5.74) is 0.362. The Morgan fingerprint density at radius 3 is 2.50 bits per heavy atom. The minimum atomic E-state index is -0.343. The third-order valence-electron chi connectivity index (χ3n) is 5.87. The van der Waals surface area contributed by atoms with Crippen LogP contribution in [-0.4, -0.2) is 74.5 Å². The molecule has 3 rings (SSSR count). The fourth-order valence-electron chi connectivity index (χ4n) is 3.35. The van der Waals surface area contributed by atoms with Gasteiger partial charge in [0.15, 0.2) is 0 Å². The molecule has 2 fully saturated rings. The highest BCUT2D eigenvalue weighted by Crippen LogP contribution is 2.36. The minimum absolute atomic E-state index is 0.325. The zero-order chi connectivity index (χ0) is 18.8. The van der Waals surface area contributed by atoms with Gasteiger partial charge in [-0.1, -0.05) is 12.1 Å². The van der Waals surface area contributed by atoms with Gasteiger partial charge < -0.3 is 18.9 Å². The molecule has 1 aromatic carbocycles. The lowest BCUT2D eigenvalue weighted by molar-refractivity contribution is 0.00578. The molecule has 0 atom stereocenters. The van der Waals surface area contributed by atoms with E-state index in [0.29, 0.717) is 6.61 Å². The van der Waals surface area contributed by atoms with Gasteiger partial charge in [0, 0.05) is 19.6 Å². The molecule has 5 nitrogen and oxygen atoms in total. The van der Waals surface area contributed by atoms with Gasteiger partial charge in [-0.15, -0.1) is 0 Å². The van der Waals surface area contributed by atoms with Crippen molar-refractivity contribution in [1.82, 2.24) is 9.80 Å². The average molecular weight is 360 g/mol. The number of ether oxygens (including phenoxy) is 1. The van der Waals surface area contributed by atoms with E-state index in [2.05, 4.69) is 44.5 Å². The highest BCUT2D eigenvalue weighted by atomic mass is 16.7. The largest absolute Gasteiger partial charge is 0.494 e. The molecule has 0 amide bonds. The molecule has 2 heterocycles. The fraction of sp³-hybridized carbons (Fsp3) is 0.700. The summed E-state index contributed by atoms with van der Waals surface area (Å²) in [6.45, 7) is 14.6. The monoisotopic (exact) mass is 360 g/mol. The molecule has 0 radical (unpaired) electrons. The quantitative estimate of drug-likeness (QED) is 0.751. The van der Waals surface area contributed by atoms with E-state index in [-0.39, 0.29) is 18.3 Å². The predicted octanol–water partition coefficient (Wildman–Crippen LogP) is 2.00. The second-order valence-corrected chi connectivity index (χ2v) is 8.51. The molecule has 6 heteroatoms. The highest BCUT2D eigenvalue weighted by molar-refractivity contribution is 6.62. The van der Waals surface area contributed by atoms with Crippen LogP contribution in [0.5, 0.6) is 5.75 Å². The molecule has 2 aliphatic rings. The van der Waals surface area contributed by atoms with Gasteiger partial charge in [0.2, 0.25) is 0 Å². The highest BCUT2D eigenvalue weighted by Gasteiger charge is 2.51. The number of rotatable bonds is 5. The number of hydrogen-bond acceptors (Lipinski definition) is 5. The van der Waals surface area contributed by atoms with Gasteiger partial charge in [0.05, 0.1) is 11.2 Å². The number of nitrogens with zero attached hydrogens (tertiary/aromatic N) is 2. The summed E-state index contributed by atoms with van der Waals surface area (Å²) >= 11 is 0. The van der Waals surface area contributed by atoms with Crippen molar-refractivity contribution in [3.05, 3.63) is 24.3 Å². The summed E-state index contributed by atoms with van der Waals surface area (Å²) in [7, 11) is 1.85. The second kappa shape index (κ2) is 7.89. The van der Waals surface area contributed by atoms with Gasteiger partial charge >= 0.3 is 7.12 Å². The summed E-state index contributed by atoms with van der Waals surface area (Å²) in [5.74, 6) is 0.879. The molecular formula is C20H33BN2O3. The molecule has 0 bridgehead atoms. The van der Waals surface area contributed by atoms with Crippen LogP contribution in [0.1, 0.15) is 34.1 Å². The third-order valence-corrected chi connectivity index (χ3v) is 5.87. The minimum Gasteiger partial charge on any atom is -0.492 e. The molecule has 0 saturated carbocycles. The van der Waals surface area contributed by atoms with Crippen LogP contribution in [0, 0.1) is 0 Å². The van der Waals surface area contributed by atoms with Crippen molar-refractivity contribution in [1.29, 1.82) is 0 Å². The van der Waals surface area contributed by atoms with Gasteiger partial charge in [-0.2, -0.15) is 0 Å². The maximum atomic E-state index is 6.14. The first kappa shape index (κ1) is 19.7. The van der Waals surface area contributed by atoms with Crippen LogP contribution in [0.15, 0.2) is 24.3 Å². The fourth-order valence-corrected chi connectivity index (χ4v) is 3.35. The van der Waals surface area contributed by atoms with E-state index in [0.717, 1.165) is 37.4 Å². The van der Waals surface area contributed by atoms with E-state index in [4.69, 9.17) is 14.0 Å². The Hall–Kier alpha value is -1.08. The normalized spacial score (nSPS) is 23.8. The Kier molecular flexibility index (Phi) is 5.97. The zero-order valence-corrected chi connectivity index (χ0v) is 17.0. The van der Waals surface area contributed by atoms with Gasteiger partial charge in [-0.25, -0.2) is 0 Å². The Morgan fingerprint density at radius 1 is 1.04 bits per heavy atom. The lowest BCUT2D eigenvalue weighted by Crippen LogP contribution is -2.41. The molecule has 144 valence electrons. The van der Waals surface area contributed by atoms with Gasteiger partial charge in [-0.05, 0) is 71.8 Å². The van der Waals surface area contributed by atoms with Crippen LogP contribution in [0.3, 0.4) is 0 Å². The Labute approximate surface area is 158 Å². The van der Waals surface area contributed by atoms with Crippen molar-refractivity contribution in [2.45, 2.75) is 45.3 Å². The predicted molar refractivity (Wildman–Crippen MR) is 106 cm³/mol. The first-order valence-electron chi connectivity index (χ1n) is 9.76. The van der Waals surface area contributed by atoms with E-state index >= 15 is 0 Å². The van der Waals surface area contributed by atoms with E-state index in [9.17, 15) is 0 Å². The van der Waals surface area contributed by atoms with Crippen molar-refractivity contribution in [3.8, 4) is 5.75 Å². The van der Waals surface area contributed by atoms with Crippen molar-refractivity contribution in [2.24, 2.45) is 0 Å². The average Bonchev–Trinajstić information content (AvgIpc) is 2.71. The van der Waals surface area contributed by atoms with E-state index in [1.54, 1.807) is 0 Å². The number of hydrogen-bond donors (Lipinski definition) is 0. The van der Waals surface area contributed by atoms with Gasteiger partial charge in [0.1, 0.15) is 12.4 Å². The van der Waals surface area contributed by atoms with Crippen LogP contribution in [0.4, 0.5) is 0 Å². The van der Waals surface area contributed by atoms with Crippen molar-refractivity contribution < 1.29 is 14.0 Å². The summed E-state index contributed by atoms with van der Waals surface area (Å²) in [4.78, 5) is 4.89. The van der Waals surface area contributed by atoms with Crippen molar-refractivity contribution in [3.63, 3.8) is 0 Å². The molecule has 0 spiro atoms. The first-order valence-corrected chi connectivity index (χ1v) is 9.76. The Morgan fingerprint density at radius 2 is 1.77 bits per heavy atom. The van der Waals surface area contributed by atoms with Crippen LogP contribution in [-0.2, 0) is 9.31 Å². The van der Waals surface area contributed by atoms with E-state index in [1.807, 2.05) is 24.3 Å². The summed E-state index contributed by atoms with van der Waals surface area (Å²) < 4.78 is 18.3. The van der Waals surface area contributed by atoms with Crippen molar-refractivity contribution in [2.75, 3.05) is 46.4 Å². The van der Waals surface area contributed by atoms with E-state index in [1.165, 1.54) is 13.0 Å². The van der Waals surface area contributed by atoms with Gasteiger partial charge in [0.25, 0.3) is 0 Å². The lowest BCUT2D eigenvalue weighted by Gasteiger charge is -2.32. The summed E-state index contributed by atoms with van der Waals surface area (Å²) in [5, 5.41) is 0. The zero-order valence-electron chi connectivity index (χ0n) is 17.0. The second-order valence-electron chi connectivity index (χ2n) is 8.51. The molecule has 2 aliphatic heterocycles. The van der Waals surface area contributed by atoms with Crippen LogP contribution in [0.25, 0.3) is 0 Å². The van der Waals surface area contributed by atoms with Crippen molar-refractivity contribution >= 4 is 12.6 Å². The molecule has 0 unspecified atom stereocenters. The molecular weight excluding hydrogens is 327 g/mol. The molecule has 0 aromatic heterocycles. The lowest BCUT2D eigenvalue weighted by atomic mass is 9.79. The molecule has 26 heavy (non-hydrogen) atoms. The summed E-state index contributed by atoms with van der Waals surface area (Å²) in [6.07, 6.45) is 1.23. The SMILES string of the molecule is CN1CCCN(CCOc2cccc(B3OC(C)(C)C(C)(C)O3)c2)CC1. The Balaban J connectivity index is 1.53. The molecule has 0 N–H and O–H groups in total. The molecule has 0 aliphatic carbocycles. The topological polar surface area (TPSA) is 34.2 Å². The Bertz CT molecular complexity index is 592. The van der Waals surface area contributed by atoms with Crippen LogP contribution in [0.2, 0.25) is 0 Å². The third kappa shape index (κ3) is 4.60. The van der Waals surface area contributed by atoms with Crippen LogP contribution < -0.4 is 10.2 Å². The standard InChI is InChI=1S/C20H33BN2O3/c1-19(2)20(3,4)26-21(25-19)17-8-6-9-18(16-17)24-15-14-23-11-7-10-22(5)12-13-23/h6,8-9,16H,7,10-15H2,1-5H3. The van der Waals surface area contributed by atoms with E-state index < -0.39 is 0 Å². The van der Waals surface area contributed by atoms with Crippen LogP contribution >= 0.6 is 0 Å². The van der Waals surface area contributed by atoms with Gasteiger partial charge in [-0.3, -0.25) is 4.90 Å². The summed E-state index contributed by atoms with van der Waals surface area (Å²) in [6, 6.07) is 8.10. The number of benzene rings is 1. The maximum Gasteiger partial charge on any atom is 0.494 e. The smallest absolute Gasteiger partial charge is 0.492 e. The molecule has 2 saturated heterocycles. The first-order chi connectivity index (χ1) is 12.3. The molecule has 1 aromatic rings. The maximum absolute atomic E-state index is 6.14. The number of likely N-dealkylation sites (N-methyl/N-ethyl adjacent to an activating group) is 1.